The smallest absolute Gasteiger partial charge is 0.423 e. The Morgan fingerprint density at radius 1 is 1.31 bits per heavy atom. The Morgan fingerprint density at radius 3 is 2.69 bits per heavy atom. The van der Waals surface area contributed by atoms with Gasteiger partial charge in [-0.25, -0.2) is 4.39 Å². The van der Waals surface area contributed by atoms with E-state index in [2.05, 4.69) is 0 Å². The lowest BCUT2D eigenvalue weighted by atomic mass is 9.79. The van der Waals surface area contributed by atoms with Crippen molar-refractivity contribution in [2.75, 3.05) is 20.3 Å². The van der Waals surface area contributed by atoms with Gasteiger partial charge >= 0.3 is 7.12 Å². The number of hydrogen-bond donors (Lipinski definition) is 2. The van der Waals surface area contributed by atoms with Gasteiger partial charge < -0.3 is 19.5 Å². The van der Waals surface area contributed by atoms with E-state index >= 15 is 0 Å². The van der Waals surface area contributed by atoms with Crippen LogP contribution < -0.4 is 5.46 Å². The molecule has 0 aliphatic heterocycles. The first kappa shape index (κ1) is 13.1. The zero-order valence-corrected chi connectivity index (χ0v) is 9.02. The van der Waals surface area contributed by atoms with Gasteiger partial charge in [0.2, 0.25) is 0 Å². The van der Waals surface area contributed by atoms with Gasteiger partial charge in [-0.15, -0.1) is 0 Å². The Kier molecular flexibility index (Phi) is 5.41. The van der Waals surface area contributed by atoms with Gasteiger partial charge in [-0.05, 0) is 11.6 Å². The van der Waals surface area contributed by atoms with Crippen LogP contribution >= 0.6 is 0 Å². The summed E-state index contributed by atoms with van der Waals surface area (Å²) in [6.07, 6.45) is 0. The summed E-state index contributed by atoms with van der Waals surface area (Å²) in [4.78, 5) is 0. The maximum absolute atomic E-state index is 13.1. The van der Waals surface area contributed by atoms with E-state index in [9.17, 15) is 4.39 Å². The number of hydrogen-bond acceptors (Lipinski definition) is 4. The largest absolute Gasteiger partial charge is 0.491 e. The first-order valence-electron chi connectivity index (χ1n) is 4.86. The van der Waals surface area contributed by atoms with Gasteiger partial charge in [-0.1, -0.05) is 12.1 Å². The van der Waals surface area contributed by atoms with Gasteiger partial charge in [-0.2, -0.15) is 0 Å². The summed E-state index contributed by atoms with van der Waals surface area (Å²) in [6.45, 7) is 1.20. The summed E-state index contributed by atoms with van der Waals surface area (Å²) in [6, 6.07) is 4.09. The summed E-state index contributed by atoms with van der Waals surface area (Å²) in [5.74, 6) is -0.643. The van der Waals surface area contributed by atoms with Crippen molar-refractivity contribution in [2.24, 2.45) is 0 Å². The molecule has 0 saturated carbocycles. The van der Waals surface area contributed by atoms with Crippen LogP contribution in [0, 0.1) is 5.82 Å². The minimum absolute atomic E-state index is 0.146. The van der Waals surface area contributed by atoms with Gasteiger partial charge in [0.1, 0.15) is 5.82 Å². The van der Waals surface area contributed by atoms with Crippen LogP contribution in [0.1, 0.15) is 5.56 Å². The summed E-state index contributed by atoms with van der Waals surface area (Å²) >= 11 is 0. The Morgan fingerprint density at radius 2 is 2.06 bits per heavy atom. The maximum atomic E-state index is 13.1. The second-order valence-corrected chi connectivity index (χ2v) is 3.27. The van der Waals surface area contributed by atoms with Gasteiger partial charge in [0.15, 0.2) is 0 Å². The molecule has 0 spiro atoms. The van der Waals surface area contributed by atoms with Crippen LogP contribution in [0.15, 0.2) is 18.2 Å². The lowest BCUT2D eigenvalue weighted by molar-refractivity contribution is 0.0616. The number of halogens is 1. The maximum Gasteiger partial charge on any atom is 0.491 e. The van der Waals surface area contributed by atoms with Crippen LogP contribution in [0.2, 0.25) is 0 Å². The summed E-state index contributed by atoms with van der Waals surface area (Å²) in [7, 11) is -0.236. The highest BCUT2D eigenvalue weighted by atomic mass is 19.1. The van der Waals surface area contributed by atoms with Crippen molar-refractivity contribution in [3.05, 3.63) is 29.6 Å². The van der Waals surface area contributed by atoms with Gasteiger partial charge in [-0.3, -0.25) is 0 Å². The minimum Gasteiger partial charge on any atom is -0.423 e. The van der Waals surface area contributed by atoms with E-state index in [0.29, 0.717) is 18.8 Å². The minimum atomic E-state index is -1.81. The highest BCUT2D eigenvalue weighted by molar-refractivity contribution is 6.58. The van der Waals surface area contributed by atoms with Crippen molar-refractivity contribution in [2.45, 2.75) is 6.61 Å². The molecule has 16 heavy (non-hydrogen) atoms. The molecule has 0 aliphatic carbocycles. The molecule has 1 aromatic rings. The first-order chi connectivity index (χ1) is 7.65. The average Bonchev–Trinajstić information content (AvgIpc) is 2.26. The highest BCUT2D eigenvalue weighted by Crippen LogP contribution is 2.03. The van der Waals surface area contributed by atoms with Crippen LogP contribution in [0.4, 0.5) is 4.39 Å². The van der Waals surface area contributed by atoms with E-state index in [0.717, 1.165) is 0 Å². The predicted molar refractivity (Wildman–Crippen MR) is 57.8 cm³/mol. The van der Waals surface area contributed by atoms with E-state index in [1.165, 1.54) is 18.2 Å². The second-order valence-electron chi connectivity index (χ2n) is 3.27. The topological polar surface area (TPSA) is 58.9 Å². The average molecular weight is 228 g/mol. The molecule has 0 radical (unpaired) electrons. The lowest BCUT2D eigenvalue weighted by Crippen LogP contribution is -2.33. The molecule has 0 aliphatic rings. The molecule has 0 aromatic heterocycles. The summed E-state index contributed by atoms with van der Waals surface area (Å²) < 4.78 is 23.1. The van der Waals surface area contributed by atoms with E-state index in [1.54, 1.807) is 7.11 Å². The van der Waals surface area contributed by atoms with Crippen molar-refractivity contribution in [1.29, 1.82) is 0 Å². The number of ether oxygens (including phenoxy) is 2. The fourth-order valence-corrected chi connectivity index (χ4v) is 1.21. The third kappa shape index (κ3) is 3.90. The Bertz CT molecular complexity index is 333. The molecule has 1 aromatic carbocycles. The molecule has 2 N–H and O–H groups in total. The fourth-order valence-electron chi connectivity index (χ4n) is 1.21. The van der Waals surface area contributed by atoms with E-state index < -0.39 is 12.9 Å². The van der Waals surface area contributed by atoms with Crippen LogP contribution in [-0.4, -0.2) is 37.5 Å². The van der Waals surface area contributed by atoms with Crippen molar-refractivity contribution in [3.8, 4) is 0 Å². The molecule has 4 nitrogen and oxygen atoms in total. The molecule has 0 fully saturated rings. The van der Waals surface area contributed by atoms with Crippen molar-refractivity contribution < 1.29 is 23.9 Å². The molecule has 6 heteroatoms. The highest BCUT2D eigenvalue weighted by Gasteiger charge is 2.16. The number of methoxy groups -OCH3 is 1. The fraction of sp³-hybridized carbons (Fsp3) is 0.400. The molecule has 0 unspecified atom stereocenters. The molecule has 0 bridgehead atoms. The molecule has 0 amide bonds. The van der Waals surface area contributed by atoms with Crippen LogP contribution in [0.3, 0.4) is 0 Å². The van der Waals surface area contributed by atoms with Gasteiger partial charge in [0.05, 0.1) is 19.8 Å². The zero-order valence-electron chi connectivity index (χ0n) is 9.02. The number of rotatable bonds is 6. The van der Waals surface area contributed by atoms with Crippen LogP contribution in [0.25, 0.3) is 0 Å². The normalized spacial score (nSPS) is 10.5. The van der Waals surface area contributed by atoms with E-state index in [-0.39, 0.29) is 12.1 Å². The summed E-state index contributed by atoms with van der Waals surface area (Å²) in [5, 5.41) is 17.8. The van der Waals surface area contributed by atoms with Gasteiger partial charge in [0, 0.05) is 12.6 Å². The van der Waals surface area contributed by atoms with Crippen molar-refractivity contribution in [1.82, 2.24) is 0 Å². The second kappa shape index (κ2) is 6.60. The third-order valence-electron chi connectivity index (χ3n) is 2.04. The molecule has 88 valence electrons. The lowest BCUT2D eigenvalue weighted by Gasteiger charge is -2.07. The van der Waals surface area contributed by atoms with E-state index in [1.807, 2.05) is 0 Å². The SMILES string of the molecule is COCCOCc1ccc(F)c(B(O)O)c1. The monoisotopic (exact) mass is 228 g/mol. The van der Waals surface area contributed by atoms with Gasteiger partial charge in [0.25, 0.3) is 0 Å². The number of benzene rings is 1. The standard InChI is InChI=1S/C10H14BFO4/c1-15-4-5-16-7-8-2-3-10(12)9(6-8)11(13)14/h2-3,6,13-14H,4-5,7H2,1H3. The molecule has 0 heterocycles. The first-order valence-corrected chi connectivity index (χ1v) is 4.86. The molecule has 0 atom stereocenters. The van der Waals surface area contributed by atoms with E-state index in [4.69, 9.17) is 19.5 Å². The third-order valence-corrected chi connectivity index (χ3v) is 2.04. The Hall–Kier alpha value is -0.945. The van der Waals surface area contributed by atoms with Crippen LogP contribution in [-0.2, 0) is 16.1 Å². The molecular formula is C10H14BFO4. The van der Waals surface area contributed by atoms with Crippen molar-refractivity contribution >= 4 is 12.6 Å². The summed E-state index contributed by atoms with van der Waals surface area (Å²) in [5.41, 5.74) is 0.536. The Labute approximate surface area is 93.8 Å². The van der Waals surface area contributed by atoms with Crippen LogP contribution in [0.5, 0.6) is 0 Å². The quantitative estimate of drug-likeness (QED) is 0.517. The Balaban J connectivity index is 2.57. The molecular weight excluding hydrogens is 214 g/mol. The zero-order chi connectivity index (χ0) is 12.0. The molecule has 1 rings (SSSR count). The van der Waals surface area contributed by atoms with Crippen molar-refractivity contribution in [3.63, 3.8) is 0 Å². The molecule has 0 saturated heterocycles. The predicted octanol–water partition coefficient (Wildman–Crippen LogP) is -0.331.